The van der Waals surface area contributed by atoms with Gasteiger partial charge < -0.3 is 4.81 Å². The van der Waals surface area contributed by atoms with Crippen LogP contribution in [0.2, 0.25) is 0 Å². The fraction of sp³-hybridized carbons (Fsp3) is 0. The van der Waals surface area contributed by atoms with E-state index in [1.54, 1.807) is 0 Å². The van der Waals surface area contributed by atoms with Crippen LogP contribution >= 0.6 is 0 Å². The second-order valence-corrected chi connectivity index (χ2v) is 4.70. The van der Waals surface area contributed by atoms with Gasteiger partial charge in [0.15, 0.2) is 0 Å². The van der Waals surface area contributed by atoms with E-state index in [4.69, 9.17) is 0 Å². The molecule has 0 amide bonds. The maximum absolute atomic E-state index is 2.41. The molecule has 0 aromatic heterocycles. The summed E-state index contributed by atoms with van der Waals surface area (Å²) in [6.45, 7) is 0.342. The lowest BCUT2D eigenvalue weighted by molar-refractivity contribution is 1.34. The molecule has 0 N–H and O–H groups in total. The molecule has 0 fully saturated rings. The van der Waals surface area contributed by atoms with E-state index in [1.807, 2.05) is 0 Å². The summed E-state index contributed by atoms with van der Waals surface area (Å²) < 4.78 is 0. The van der Waals surface area contributed by atoms with Gasteiger partial charge in [-0.1, -0.05) is 60.5 Å². The Morgan fingerprint density at radius 2 is 1.17 bits per heavy atom. The molecule has 84 valence electrons. The van der Waals surface area contributed by atoms with Gasteiger partial charge in [0.25, 0.3) is 0 Å². The van der Waals surface area contributed by atoms with Crippen molar-refractivity contribution in [2.45, 2.75) is 0 Å². The van der Waals surface area contributed by atoms with Crippen LogP contribution in [0.1, 0.15) is 11.1 Å². The highest BCUT2D eigenvalue weighted by atomic mass is 15.1. The summed E-state index contributed by atoms with van der Waals surface area (Å²) in [7, 11) is 0. The van der Waals surface area contributed by atoms with Gasteiger partial charge in [-0.05, 0) is 23.3 Å². The maximum atomic E-state index is 2.41. The van der Waals surface area contributed by atoms with Crippen molar-refractivity contribution >= 4 is 30.4 Å². The van der Waals surface area contributed by atoms with E-state index < -0.39 is 0 Å². The zero-order chi connectivity index (χ0) is 11.9. The molecule has 2 aliphatic rings. The van der Waals surface area contributed by atoms with Crippen molar-refractivity contribution in [3.8, 4) is 0 Å². The van der Waals surface area contributed by atoms with Crippen LogP contribution in [0.15, 0.2) is 60.5 Å². The van der Waals surface area contributed by atoms with Gasteiger partial charge in [-0.25, -0.2) is 0 Å². The third-order valence-corrected chi connectivity index (χ3v) is 3.64. The lowest BCUT2D eigenvalue weighted by atomic mass is 9.55. The van der Waals surface area contributed by atoms with Crippen LogP contribution in [-0.2, 0) is 0 Å². The Bertz CT molecular complexity index is 615. The molecule has 0 saturated carbocycles. The Labute approximate surface area is 107 Å². The van der Waals surface area contributed by atoms with Crippen LogP contribution in [0, 0.1) is 0 Å². The quantitative estimate of drug-likeness (QED) is 0.618. The molecule has 2 aromatic carbocycles. The fourth-order valence-electron chi connectivity index (χ4n) is 2.79. The average Bonchev–Trinajstić information content (AvgIpc) is 2.46. The number of fused-ring (bicyclic) bond motifs is 5. The summed E-state index contributed by atoms with van der Waals surface area (Å²) in [6.07, 6.45) is 4.43. The minimum atomic E-state index is 0.342. The molecule has 18 heavy (non-hydrogen) atoms. The summed E-state index contributed by atoms with van der Waals surface area (Å²) in [5.41, 5.74) is 5.17. The highest BCUT2D eigenvalue weighted by Crippen LogP contribution is 2.38. The van der Waals surface area contributed by atoms with E-state index in [0.717, 1.165) is 0 Å². The van der Waals surface area contributed by atoms with Crippen molar-refractivity contribution in [3.05, 3.63) is 71.6 Å². The first kappa shape index (κ1) is 9.78. The molecule has 1 nitrogen and oxygen atoms in total. The summed E-state index contributed by atoms with van der Waals surface area (Å²) in [5, 5.41) is 0. The van der Waals surface area contributed by atoms with E-state index in [1.165, 1.54) is 22.5 Å². The Morgan fingerprint density at radius 3 is 1.72 bits per heavy atom. The molecule has 2 heteroatoms. The van der Waals surface area contributed by atoms with E-state index in [0.29, 0.717) is 6.85 Å². The van der Waals surface area contributed by atoms with Crippen LogP contribution in [0.4, 0.5) is 11.4 Å². The molecule has 0 aliphatic carbocycles. The van der Waals surface area contributed by atoms with E-state index in [2.05, 4.69) is 77.4 Å². The van der Waals surface area contributed by atoms with Gasteiger partial charge in [-0.2, -0.15) is 0 Å². The zero-order valence-corrected chi connectivity index (χ0v) is 9.95. The number of hydrogen-bond acceptors (Lipinski definition) is 1. The van der Waals surface area contributed by atoms with E-state index >= 15 is 0 Å². The first-order chi connectivity index (χ1) is 8.93. The maximum Gasteiger partial charge on any atom is 0.313 e. The Balaban J connectivity index is 1.98. The third kappa shape index (κ3) is 1.29. The highest BCUT2D eigenvalue weighted by molar-refractivity contribution is 6.77. The average molecular weight is 229 g/mol. The number of benzene rings is 2. The predicted molar refractivity (Wildman–Crippen MR) is 78.8 cm³/mol. The van der Waals surface area contributed by atoms with Crippen molar-refractivity contribution in [1.29, 1.82) is 0 Å². The molecule has 0 saturated heterocycles. The van der Waals surface area contributed by atoms with Crippen LogP contribution in [0.3, 0.4) is 0 Å². The lowest BCUT2D eigenvalue weighted by Gasteiger charge is -2.36. The molecule has 2 aliphatic heterocycles. The van der Waals surface area contributed by atoms with Gasteiger partial charge in [0.2, 0.25) is 0 Å². The van der Waals surface area contributed by atoms with Gasteiger partial charge in [-0.3, -0.25) is 0 Å². The standard InChI is InChI=1S/C16H12BN/c1-3-7-15-13(5-1)9-11-17-12-10-14-6-2-4-8-16(14)18(15)17/h1-12H. The van der Waals surface area contributed by atoms with Gasteiger partial charge in [-0.15, -0.1) is 0 Å². The van der Waals surface area contributed by atoms with Crippen LogP contribution in [0.5, 0.6) is 0 Å². The molecule has 2 heterocycles. The van der Waals surface area contributed by atoms with Crippen LogP contribution < -0.4 is 4.81 Å². The van der Waals surface area contributed by atoms with Crippen molar-refractivity contribution in [1.82, 2.24) is 0 Å². The highest BCUT2D eigenvalue weighted by Gasteiger charge is 2.28. The lowest BCUT2D eigenvalue weighted by Crippen LogP contribution is -2.37. The predicted octanol–water partition coefficient (Wildman–Crippen LogP) is 3.95. The molecular weight excluding hydrogens is 217 g/mol. The Hall–Kier alpha value is -2.22. The summed E-state index contributed by atoms with van der Waals surface area (Å²) in [5.74, 6) is 4.52. The normalized spacial score (nSPS) is 15.1. The van der Waals surface area contributed by atoms with Crippen LogP contribution in [-0.4, -0.2) is 6.85 Å². The first-order valence-corrected chi connectivity index (χ1v) is 6.27. The molecular formula is C16H12BN. The van der Waals surface area contributed by atoms with Crippen molar-refractivity contribution in [3.63, 3.8) is 0 Å². The molecule has 0 spiro atoms. The molecule has 0 unspecified atom stereocenters. The third-order valence-electron chi connectivity index (χ3n) is 3.64. The largest absolute Gasteiger partial charge is 0.377 e. The summed E-state index contributed by atoms with van der Waals surface area (Å²) in [4.78, 5) is 2.41. The molecule has 0 atom stereocenters. The molecule has 0 bridgehead atoms. The molecule has 4 rings (SSSR count). The van der Waals surface area contributed by atoms with Crippen molar-refractivity contribution in [2.24, 2.45) is 0 Å². The van der Waals surface area contributed by atoms with Crippen LogP contribution in [0.25, 0.3) is 12.2 Å². The first-order valence-electron chi connectivity index (χ1n) is 6.27. The number of rotatable bonds is 0. The van der Waals surface area contributed by atoms with Gasteiger partial charge in [0.1, 0.15) is 0 Å². The summed E-state index contributed by atoms with van der Waals surface area (Å²) >= 11 is 0. The second-order valence-electron chi connectivity index (χ2n) is 4.70. The number of hydrogen-bond donors (Lipinski definition) is 0. The number of anilines is 2. The molecule has 0 radical (unpaired) electrons. The van der Waals surface area contributed by atoms with E-state index in [-0.39, 0.29) is 0 Å². The smallest absolute Gasteiger partial charge is 0.313 e. The molecule has 2 aromatic rings. The SMILES string of the molecule is C1=Cc2ccccc2N2B1C=Cc1ccccc12. The fourth-order valence-corrected chi connectivity index (χ4v) is 2.79. The van der Waals surface area contributed by atoms with E-state index in [9.17, 15) is 0 Å². The van der Waals surface area contributed by atoms with Crippen molar-refractivity contribution in [2.75, 3.05) is 4.81 Å². The monoisotopic (exact) mass is 229 g/mol. The minimum absolute atomic E-state index is 0.342. The Kier molecular flexibility index (Phi) is 1.98. The number of nitrogens with zero attached hydrogens (tertiary/aromatic N) is 1. The van der Waals surface area contributed by atoms with Gasteiger partial charge in [0.05, 0.1) is 0 Å². The number of para-hydroxylation sites is 2. The van der Waals surface area contributed by atoms with Crippen molar-refractivity contribution < 1.29 is 0 Å². The minimum Gasteiger partial charge on any atom is -0.377 e. The zero-order valence-electron chi connectivity index (χ0n) is 9.95. The van der Waals surface area contributed by atoms with Gasteiger partial charge >= 0.3 is 6.85 Å². The summed E-state index contributed by atoms with van der Waals surface area (Å²) in [6, 6.07) is 17.1. The second kappa shape index (κ2) is 3.64. The topological polar surface area (TPSA) is 3.24 Å². The van der Waals surface area contributed by atoms with Gasteiger partial charge in [0, 0.05) is 11.4 Å². The Morgan fingerprint density at radius 1 is 0.667 bits per heavy atom.